The van der Waals surface area contributed by atoms with Gasteiger partial charge in [-0.3, -0.25) is 9.48 Å². The maximum atomic E-state index is 12.0. The van der Waals surface area contributed by atoms with Crippen LogP contribution in [0.1, 0.15) is 23.1 Å². The molecule has 0 N–H and O–H groups in total. The third kappa shape index (κ3) is 2.38. The van der Waals surface area contributed by atoms with Crippen LogP contribution in [0.4, 0.5) is 0 Å². The Hall–Kier alpha value is -1.76. The highest BCUT2D eigenvalue weighted by Gasteiger charge is 2.17. The second-order valence-corrected chi connectivity index (χ2v) is 3.32. The Morgan fingerprint density at radius 3 is 2.80 bits per heavy atom. The molecule has 0 aliphatic carbocycles. The average Bonchev–Trinajstić information content (AvgIpc) is 2.53. The Labute approximate surface area is 89.9 Å². The number of aromatic nitrogens is 2. The molecule has 0 bridgehead atoms. The van der Waals surface area contributed by atoms with Crippen molar-refractivity contribution < 1.29 is 4.79 Å². The minimum absolute atomic E-state index is 0.0708. The number of amides is 1. The SMILES string of the molecule is C#CCN(CC)C(=O)c1cc(C)nn1C. The van der Waals surface area contributed by atoms with Gasteiger partial charge in [-0.05, 0) is 19.9 Å². The lowest BCUT2D eigenvalue weighted by Gasteiger charge is -2.17. The van der Waals surface area contributed by atoms with Gasteiger partial charge in [-0.25, -0.2) is 0 Å². The molecule has 0 unspecified atom stereocenters. The summed E-state index contributed by atoms with van der Waals surface area (Å²) in [5, 5.41) is 4.13. The molecule has 0 atom stereocenters. The first-order valence-corrected chi connectivity index (χ1v) is 4.83. The van der Waals surface area contributed by atoms with E-state index in [0.29, 0.717) is 18.8 Å². The second kappa shape index (κ2) is 4.65. The van der Waals surface area contributed by atoms with Crippen LogP contribution < -0.4 is 0 Å². The molecule has 80 valence electrons. The van der Waals surface area contributed by atoms with Crippen molar-refractivity contribution in [2.24, 2.45) is 7.05 Å². The third-order valence-corrected chi connectivity index (χ3v) is 2.17. The molecule has 15 heavy (non-hydrogen) atoms. The van der Waals surface area contributed by atoms with E-state index in [9.17, 15) is 4.79 Å². The number of carbonyl (C=O) groups excluding carboxylic acids is 1. The lowest BCUT2D eigenvalue weighted by atomic mass is 10.3. The molecule has 4 heteroatoms. The van der Waals surface area contributed by atoms with Crippen LogP contribution in [0.5, 0.6) is 0 Å². The largest absolute Gasteiger partial charge is 0.326 e. The Bertz CT molecular complexity index is 400. The van der Waals surface area contributed by atoms with Crippen molar-refractivity contribution in [3.63, 3.8) is 0 Å². The fourth-order valence-corrected chi connectivity index (χ4v) is 1.41. The number of hydrogen-bond donors (Lipinski definition) is 0. The Morgan fingerprint density at radius 1 is 1.73 bits per heavy atom. The summed E-state index contributed by atoms with van der Waals surface area (Å²) in [6, 6.07) is 1.77. The van der Waals surface area contributed by atoms with Crippen LogP contribution in [0.3, 0.4) is 0 Å². The monoisotopic (exact) mass is 205 g/mol. The van der Waals surface area contributed by atoms with E-state index < -0.39 is 0 Å². The first-order valence-electron chi connectivity index (χ1n) is 4.83. The zero-order chi connectivity index (χ0) is 11.4. The van der Waals surface area contributed by atoms with Gasteiger partial charge in [0.15, 0.2) is 0 Å². The molecule has 0 fully saturated rings. The summed E-state index contributed by atoms with van der Waals surface area (Å²) in [6.07, 6.45) is 5.20. The fourth-order valence-electron chi connectivity index (χ4n) is 1.41. The fraction of sp³-hybridized carbons (Fsp3) is 0.455. The predicted molar refractivity (Wildman–Crippen MR) is 58.4 cm³/mol. The summed E-state index contributed by atoms with van der Waals surface area (Å²) < 4.78 is 1.58. The van der Waals surface area contributed by atoms with Crippen LogP contribution in [0.15, 0.2) is 6.07 Å². The molecule has 0 spiro atoms. The van der Waals surface area contributed by atoms with Crippen molar-refractivity contribution in [2.45, 2.75) is 13.8 Å². The summed E-state index contributed by atoms with van der Waals surface area (Å²) in [5.74, 6) is 2.40. The smallest absolute Gasteiger partial charge is 0.272 e. The highest BCUT2D eigenvalue weighted by atomic mass is 16.2. The van der Waals surface area contributed by atoms with Crippen molar-refractivity contribution in [2.75, 3.05) is 13.1 Å². The molecule has 4 nitrogen and oxygen atoms in total. The third-order valence-electron chi connectivity index (χ3n) is 2.17. The predicted octanol–water partition coefficient (Wildman–Crippen LogP) is 0.824. The molecule has 1 rings (SSSR count). The Kier molecular flexibility index (Phi) is 3.51. The number of terminal acetylenes is 1. The standard InChI is InChI=1S/C11H15N3O/c1-5-7-14(6-2)11(15)10-8-9(3)12-13(10)4/h1,8H,6-7H2,2-4H3. The number of nitrogens with zero attached hydrogens (tertiary/aromatic N) is 3. The molecule has 1 heterocycles. The molecule has 1 amide bonds. The highest BCUT2D eigenvalue weighted by molar-refractivity contribution is 5.92. The molecule has 1 aromatic rings. The van der Waals surface area contributed by atoms with Crippen LogP contribution in [-0.2, 0) is 7.05 Å². The first-order chi connectivity index (χ1) is 7.10. The van der Waals surface area contributed by atoms with Crippen molar-refractivity contribution in [3.8, 4) is 12.3 Å². The van der Waals surface area contributed by atoms with E-state index in [0.717, 1.165) is 5.69 Å². The van der Waals surface area contributed by atoms with Crippen molar-refractivity contribution in [3.05, 3.63) is 17.5 Å². The average molecular weight is 205 g/mol. The van der Waals surface area contributed by atoms with Gasteiger partial charge in [0.25, 0.3) is 5.91 Å². The Balaban J connectivity index is 2.93. The number of rotatable bonds is 3. The van der Waals surface area contributed by atoms with E-state index in [-0.39, 0.29) is 5.91 Å². The van der Waals surface area contributed by atoms with E-state index in [1.165, 1.54) is 0 Å². The molecule has 0 aromatic carbocycles. The molecule has 0 saturated heterocycles. The first kappa shape index (κ1) is 11.3. The van der Waals surface area contributed by atoms with Gasteiger partial charge < -0.3 is 4.90 Å². The molecule has 0 saturated carbocycles. The van der Waals surface area contributed by atoms with Gasteiger partial charge in [-0.2, -0.15) is 5.10 Å². The molecule has 0 aliphatic rings. The highest BCUT2D eigenvalue weighted by Crippen LogP contribution is 2.05. The molecular formula is C11H15N3O. The van der Waals surface area contributed by atoms with Crippen LogP contribution in [0, 0.1) is 19.3 Å². The number of carbonyl (C=O) groups is 1. The van der Waals surface area contributed by atoms with Crippen LogP contribution >= 0.6 is 0 Å². The lowest BCUT2D eigenvalue weighted by Crippen LogP contribution is -2.32. The maximum absolute atomic E-state index is 12.0. The van der Waals surface area contributed by atoms with Crippen molar-refractivity contribution in [1.82, 2.24) is 14.7 Å². The molecule has 1 aromatic heterocycles. The number of hydrogen-bond acceptors (Lipinski definition) is 2. The van der Waals surface area contributed by atoms with Crippen molar-refractivity contribution >= 4 is 5.91 Å². The van der Waals surface area contributed by atoms with E-state index in [2.05, 4.69) is 11.0 Å². The minimum Gasteiger partial charge on any atom is -0.326 e. The van der Waals surface area contributed by atoms with Gasteiger partial charge in [0.2, 0.25) is 0 Å². The van der Waals surface area contributed by atoms with Crippen molar-refractivity contribution in [1.29, 1.82) is 0 Å². The second-order valence-electron chi connectivity index (χ2n) is 3.32. The van der Waals surface area contributed by atoms with Crippen LogP contribution in [0.25, 0.3) is 0 Å². The summed E-state index contributed by atoms with van der Waals surface area (Å²) in [5.41, 5.74) is 1.40. The summed E-state index contributed by atoms with van der Waals surface area (Å²) >= 11 is 0. The summed E-state index contributed by atoms with van der Waals surface area (Å²) in [7, 11) is 1.75. The van der Waals surface area contributed by atoms with Gasteiger partial charge >= 0.3 is 0 Å². The Morgan fingerprint density at radius 2 is 2.40 bits per heavy atom. The molecule has 0 radical (unpaired) electrons. The zero-order valence-corrected chi connectivity index (χ0v) is 9.32. The van der Waals surface area contributed by atoms with Gasteiger partial charge in [-0.1, -0.05) is 5.92 Å². The van der Waals surface area contributed by atoms with Gasteiger partial charge in [0.1, 0.15) is 5.69 Å². The van der Waals surface area contributed by atoms with Crippen LogP contribution in [-0.4, -0.2) is 33.7 Å². The van der Waals surface area contributed by atoms with E-state index >= 15 is 0 Å². The van der Waals surface area contributed by atoms with E-state index in [1.54, 1.807) is 22.7 Å². The number of aryl methyl sites for hydroxylation is 2. The summed E-state index contributed by atoms with van der Waals surface area (Å²) in [4.78, 5) is 13.6. The lowest BCUT2D eigenvalue weighted by molar-refractivity contribution is 0.0774. The van der Waals surface area contributed by atoms with Gasteiger partial charge in [0.05, 0.1) is 12.2 Å². The van der Waals surface area contributed by atoms with E-state index in [4.69, 9.17) is 6.42 Å². The van der Waals surface area contributed by atoms with Crippen LogP contribution in [0.2, 0.25) is 0 Å². The van der Waals surface area contributed by atoms with Gasteiger partial charge in [0, 0.05) is 13.6 Å². The maximum Gasteiger partial charge on any atom is 0.272 e. The van der Waals surface area contributed by atoms with E-state index in [1.807, 2.05) is 13.8 Å². The normalized spacial score (nSPS) is 9.73. The quantitative estimate of drug-likeness (QED) is 0.685. The zero-order valence-electron chi connectivity index (χ0n) is 9.32. The van der Waals surface area contributed by atoms with Gasteiger partial charge in [-0.15, -0.1) is 6.42 Å². The molecular weight excluding hydrogens is 190 g/mol. The minimum atomic E-state index is -0.0708. The topological polar surface area (TPSA) is 38.1 Å². The summed E-state index contributed by atoms with van der Waals surface area (Å²) in [6.45, 7) is 4.69. The molecule has 0 aliphatic heterocycles.